The van der Waals surface area contributed by atoms with Crippen molar-refractivity contribution in [3.63, 3.8) is 0 Å². The molecule has 2 aromatic rings. The molecular formula is C17H22BrN3O3S. The highest BCUT2D eigenvalue weighted by Crippen LogP contribution is 2.34. The highest BCUT2D eigenvalue weighted by Gasteiger charge is 2.20. The number of aliphatic carboxylic acids is 1. The van der Waals surface area contributed by atoms with Gasteiger partial charge in [-0.05, 0) is 30.5 Å². The standard InChI is InChI=1S/C17H22BrN3O3S/c1-5-21-14(19-20-16(21)25-10-15(22)23)9-24-13-7-6-11(18)8-12(13)17(2,3)4/h6-8H,5,9-10H2,1-4H3,(H,22,23). The largest absolute Gasteiger partial charge is 0.485 e. The fourth-order valence-electron chi connectivity index (χ4n) is 2.33. The smallest absolute Gasteiger partial charge is 0.313 e. The van der Waals surface area contributed by atoms with Crippen LogP contribution in [0.25, 0.3) is 0 Å². The van der Waals surface area contributed by atoms with Gasteiger partial charge in [0.1, 0.15) is 12.4 Å². The van der Waals surface area contributed by atoms with Crippen molar-refractivity contribution < 1.29 is 14.6 Å². The average Bonchev–Trinajstić information content (AvgIpc) is 2.92. The molecule has 0 radical (unpaired) electrons. The molecule has 1 aromatic heterocycles. The van der Waals surface area contributed by atoms with Crippen molar-refractivity contribution in [2.75, 3.05) is 5.75 Å². The van der Waals surface area contributed by atoms with Crippen LogP contribution in [0.15, 0.2) is 27.8 Å². The Hall–Kier alpha value is -1.54. The van der Waals surface area contributed by atoms with E-state index in [0.717, 1.165) is 27.5 Å². The first-order chi connectivity index (χ1) is 11.7. The first kappa shape index (κ1) is 19.8. The number of nitrogens with zero attached hydrogens (tertiary/aromatic N) is 3. The minimum atomic E-state index is -0.877. The lowest BCUT2D eigenvalue weighted by Crippen LogP contribution is -2.14. The minimum Gasteiger partial charge on any atom is -0.485 e. The zero-order valence-electron chi connectivity index (χ0n) is 14.7. The van der Waals surface area contributed by atoms with Gasteiger partial charge in [0.2, 0.25) is 0 Å². The van der Waals surface area contributed by atoms with Gasteiger partial charge in [-0.1, -0.05) is 48.5 Å². The fourth-order valence-corrected chi connectivity index (χ4v) is 3.44. The lowest BCUT2D eigenvalue weighted by Gasteiger charge is -2.23. The minimum absolute atomic E-state index is 0.0418. The second-order valence-electron chi connectivity index (χ2n) is 6.50. The summed E-state index contributed by atoms with van der Waals surface area (Å²) in [6.07, 6.45) is 0. The molecule has 6 nitrogen and oxygen atoms in total. The third-order valence-corrected chi connectivity index (χ3v) is 4.99. The zero-order chi connectivity index (χ0) is 18.6. The van der Waals surface area contributed by atoms with Crippen LogP contribution < -0.4 is 4.74 Å². The summed E-state index contributed by atoms with van der Waals surface area (Å²) < 4.78 is 8.90. The first-order valence-electron chi connectivity index (χ1n) is 7.92. The summed E-state index contributed by atoms with van der Waals surface area (Å²) in [5.74, 6) is 0.567. The Morgan fingerprint density at radius 2 is 2.08 bits per heavy atom. The molecule has 1 N–H and O–H groups in total. The Labute approximate surface area is 160 Å². The summed E-state index contributed by atoms with van der Waals surface area (Å²) in [6.45, 7) is 9.31. The normalized spacial score (nSPS) is 11.6. The molecule has 0 saturated heterocycles. The Kier molecular flexibility index (Phi) is 6.51. The van der Waals surface area contributed by atoms with Crippen LogP contribution in [0.4, 0.5) is 0 Å². The fraction of sp³-hybridized carbons (Fsp3) is 0.471. The van der Waals surface area contributed by atoms with Crippen molar-refractivity contribution in [1.29, 1.82) is 0 Å². The van der Waals surface area contributed by atoms with Crippen molar-refractivity contribution in [3.8, 4) is 5.75 Å². The van der Waals surface area contributed by atoms with Gasteiger partial charge < -0.3 is 14.4 Å². The van der Waals surface area contributed by atoms with Crippen LogP contribution in [0.2, 0.25) is 0 Å². The second kappa shape index (κ2) is 8.23. The highest BCUT2D eigenvalue weighted by atomic mass is 79.9. The molecular weight excluding hydrogens is 406 g/mol. The zero-order valence-corrected chi connectivity index (χ0v) is 17.1. The predicted octanol–water partition coefficient (Wildman–Crippen LogP) is 4.11. The maximum atomic E-state index is 10.7. The summed E-state index contributed by atoms with van der Waals surface area (Å²) >= 11 is 4.67. The summed E-state index contributed by atoms with van der Waals surface area (Å²) in [5.41, 5.74) is 1.05. The van der Waals surface area contributed by atoms with Gasteiger partial charge in [0.05, 0.1) is 5.75 Å². The third-order valence-electron chi connectivity index (χ3n) is 3.54. The highest BCUT2D eigenvalue weighted by molar-refractivity contribution is 9.10. The van der Waals surface area contributed by atoms with Gasteiger partial charge in [0, 0.05) is 16.6 Å². The number of thioether (sulfide) groups is 1. The molecule has 8 heteroatoms. The Morgan fingerprint density at radius 1 is 1.36 bits per heavy atom. The van der Waals surface area contributed by atoms with Gasteiger partial charge in [-0.3, -0.25) is 4.79 Å². The van der Waals surface area contributed by atoms with Crippen LogP contribution in [-0.4, -0.2) is 31.6 Å². The van der Waals surface area contributed by atoms with Crippen molar-refractivity contribution in [1.82, 2.24) is 14.8 Å². The van der Waals surface area contributed by atoms with Gasteiger partial charge in [-0.15, -0.1) is 10.2 Å². The van der Waals surface area contributed by atoms with E-state index >= 15 is 0 Å². The molecule has 0 unspecified atom stereocenters. The molecule has 2 rings (SSSR count). The van der Waals surface area contributed by atoms with E-state index in [2.05, 4.69) is 53.0 Å². The summed E-state index contributed by atoms with van der Waals surface area (Å²) in [6, 6.07) is 5.95. The number of aromatic nitrogens is 3. The Morgan fingerprint density at radius 3 is 2.68 bits per heavy atom. The molecule has 0 aliphatic rings. The molecule has 0 atom stereocenters. The molecule has 0 bridgehead atoms. The lowest BCUT2D eigenvalue weighted by atomic mass is 9.86. The Balaban J connectivity index is 2.18. The second-order valence-corrected chi connectivity index (χ2v) is 8.36. The predicted molar refractivity (Wildman–Crippen MR) is 101 cm³/mol. The number of halogens is 1. The van der Waals surface area contributed by atoms with Crippen molar-refractivity contribution in [2.45, 2.75) is 51.4 Å². The molecule has 1 aromatic carbocycles. The van der Waals surface area contributed by atoms with E-state index in [4.69, 9.17) is 9.84 Å². The van der Waals surface area contributed by atoms with E-state index in [1.807, 2.05) is 23.6 Å². The third kappa shape index (κ3) is 5.22. The van der Waals surface area contributed by atoms with E-state index in [0.29, 0.717) is 17.5 Å². The molecule has 136 valence electrons. The van der Waals surface area contributed by atoms with Crippen molar-refractivity contribution in [2.24, 2.45) is 0 Å². The number of carboxylic acid groups (broad SMARTS) is 1. The molecule has 0 spiro atoms. The van der Waals surface area contributed by atoms with Gasteiger partial charge in [-0.25, -0.2) is 0 Å². The molecule has 0 amide bonds. The maximum absolute atomic E-state index is 10.7. The van der Waals surface area contributed by atoms with E-state index < -0.39 is 5.97 Å². The monoisotopic (exact) mass is 427 g/mol. The van der Waals surface area contributed by atoms with Crippen LogP contribution in [0.3, 0.4) is 0 Å². The molecule has 0 fully saturated rings. The van der Waals surface area contributed by atoms with Crippen LogP contribution in [-0.2, 0) is 23.4 Å². The van der Waals surface area contributed by atoms with Crippen molar-refractivity contribution in [3.05, 3.63) is 34.1 Å². The van der Waals surface area contributed by atoms with Gasteiger partial charge in [0.15, 0.2) is 11.0 Å². The molecule has 0 aliphatic carbocycles. The van der Waals surface area contributed by atoms with Gasteiger partial charge in [-0.2, -0.15) is 0 Å². The number of ether oxygens (including phenoxy) is 1. The molecule has 1 heterocycles. The van der Waals surface area contributed by atoms with Crippen LogP contribution in [0, 0.1) is 0 Å². The average molecular weight is 428 g/mol. The number of carbonyl (C=O) groups is 1. The SMILES string of the molecule is CCn1c(COc2ccc(Br)cc2C(C)(C)C)nnc1SCC(=O)O. The number of rotatable bonds is 7. The number of carboxylic acids is 1. The van der Waals surface area contributed by atoms with E-state index in [-0.39, 0.29) is 17.8 Å². The summed E-state index contributed by atoms with van der Waals surface area (Å²) in [7, 11) is 0. The van der Waals surface area contributed by atoms with Crippen LogP contribution >= 0.6 is 27.7 Å². The van der Waals surface area contributed by atoms with E-state index in [1.165, 1.54) is 0 Å². The van der Waals surface area contributed by atoms with E-state index in [1.54, 1.807) is 0 Å². The summed E-state index contributed by atoms with van der Waals surface area (Å²) in [5, 5.41) is 17.6. The van der Waals surface area contributed by atoms with Crippen LogP contribution in [0.5, 0.6) is 5.75 Å². The van der Waals surface area contributed by atoms with Crippen LogP contribution in [0.1, 0.15) is 39.1 Å². The quantitative estimate of drug-likeness (QED) is 0.669. The number of hydrogen-bond donors (Lipinski definition) is 1. The van der Waals surface area contributed by atoms with E-state index in [9.17, 15) is 4.79 Å². The maximum Gasteiger partial charge on any atom is 0.313 e. The molecule has 0 aliphatic heterocycles. The van der Waals surface area contributed by atoms with Gasteiger partial charge >= 0.3 is 5.97 Å². The topological polar surface area (TPSA) is 77.2 Å². The number of hydrogen-bond acceptors (Lipinski definition) is 5. The number of benzene rings is 1. The van der Waals surface area contributed by atoms with Crippen molar-refractivity contribution >= 4 is 33.7 Å². The Bertz CT molecular complexity index is 756. The lowest BCUT2D eigenvalue weighted by molar-refractivity contribution is -0.133. The molecule has 25 heavy (non-hydrogen) atoms. The molecule has 0 saturated carbocycles. The van der Waals surface area contributed by atoms with Gasteiger partial charge in [0.25, 0.3) is 0 Å². The first-order valence-corrected chi connectivity index (χ1v) is 9.69. The summed E-state index contributed by atoms with van der Waals surface area (Å²) in [4.78, 5) is 10.7.